The van der Waals surface area contributed by atoms with Crippen LogP contribution in [0.25, 0.3) is 0 Å². The average molecular weight is 276 g/mol. The predicted molar refractivity (Wildman–Crippen MR) is 79.4 cm³/mol. The van der Waals surface area contributed by atoms with Crippen LogP contribution in [0.3, 0.4) is 0 Å². The summed E-state index contributed by atoms with van der Waals surface area (Å²) in [5.74, 6) is -0.0193. The standard InChI is InChI=1S/C16H24N2O2/c1-11-8-12(16(17)20)6-7-13(11)9-18-15-5-3-2-4-14(15)10-19/h6-8,14-15,18-19H,2-5,9-10H2,1H3,(H2,17,20). The normalized spacial score (nSPS) is 22.7. The number of carbonyl (C=O) groups is 1. The molecule has 2 unspecified atom stereocenters. The Morgan fingerprint density at radius 3 is 2.80 bits per heavy atom. The monoisotopic (exact) mass is 276 g/mol. The molecule has 1 amide bonds. The van der Waals surface area contributed by atoms with E-state index in [9.17, 15) is 9.90 Å². The molecule has 1 aromatic rings. The van der Waals surface area contributed by atoms with Crippen LogP contribution in [-0.2, 0) is 6.54 Å². The third-order valence-corrected chi connectivity index (χ3v) is 4.33. The SMILES string of the molecule is Cc1cc(C(N)=O)ccc1CNC1CCCCC1CO. The summed E-state index contributed by atoms with van der Waals surface area (Å²) in [5, 5.41) is 13.0. The van der Waals surface area contributed by atoms with Gasteiger partial charge in [0, 0.05) is 24.8 Å². The van der Waals surface area contributed by atoms with Gasteiger partial charge in [-0.15, -0.1) is 0 Å². The minimum atomic E-state index is -0.389. The Morgan fingerprint density at radius 1 is 1.40 bits per heavy atom. The lowest BCUT2D eigenvalue weighted by Crippen LogP contribution is -2.39. The largest absolute Gasteiger partial charge is 0.396 e. The van der Waals surface area contributed by atoms with Crippen LogP contribution in [0.5, 0.6) is 0 Å². The number of nitrogens with one attached hydrogen (secondary N) is 1. The minimum absolute atomic E-state index is 0.261. The number of carbonyl (C=O) groups excluding carboxylic acids is 1. The summed E-state index contributed by atoms with van der Waals surface area (Å²) in [5.41, 5.74) is 8.08. The quantitative estimate of drug-likeness (QED) is 0.766. The van der Waals surface area contributed by atoms with Crippen molar-refractivity contribution in [1.29, 1.82) is 0 Å². The number of aliphatic hydroxyl groups excluding tert-OH is 1. The number of benzene rings is 1. The van der Waals surface area contributed by atoms with E-state index in [0.717, 1.165) is 24.9 Å². The lowest BCUT2D eigenvalue weighted by molar-refractivity contribution is 0.1000. The zero-order chi connectivity index (χ0) is 14.5. The molecule has 2 atom stereocenters. The van der Waals surface area contributed by atoms with E-state index >= 15 is 0 Å². The first-order valence-corrected chi connectivity index (χ1v) is 7.35. The van der Waals surface area contributed by atoms with E-state index in [4.69, 9.17) is 5.73 Å². The molecular weight excluding hydrogens is 252 g/mol. The van der Waals surface area contributed by atoms with E-state index < -0.39 is 0 Å². The fourth-order valence-electron chi connectivity index (χ4n) is 2.98. The first-order chi connectivity index (χ1) is 9.61. The molecule has 0 aromatic heterocycles. The summed E-state index contributed by atoms with van der Waals surface area (Å²) in [7, 11) is 0. The molecule has 0 radical (unpaired) electrons. The lowest BCUT2D eigenvalue weighted by Gasteiger charge is -2.31. The Kier molecular flexibility index (Phi) is 5.15. The van der Waals surface area contributed by atoms with Gasteiger partial charge in [-0.1, -0.05) is 18.9 Å². The number of rotatable bonds is 5. The summed E-state index contributed by atoms with van der Waals surface area (Å²) < 4.78 is 0. The van der Waals surface area contributed by atoms with Crippen molar-refractivity contribution in [3.05, 3.63) is 34.9 Å². The number of aliphatic hydroxyl groups is 1. The summed E-state index contributed by atoms with van der Waals surface area (Å²) in [4.78, 5) is 11.1. The van der Waals surface area contributed by atoms with Crippen LogP contribution in [-0.4, -0.2) is 23.7 Å². The van der Waals surface area contributed by atoms with Gasteiger partial charge in [0.05, 0.1) is 0 Å². The van der Waals surface area contributed by atoms with Crippen molar-refractivity contribution in [3.63, 3.8) is 0 Å². The van der Waals surface area contributed by atoms with Gasteiger partial charge in [0.15, 0.2) is 0 Å². The van der Waals surface area contributed by atoms with Gasteiger partial charge >= 0.3 is 0 Å². The average Bonchev–Trinajstić information content (AvgIpc) is 2.46. The van der Waals surface area contributed by atoms with Crippen molar-refractivity contribution in [2.24, 2.45) is 11.7 Å². The van der Waals surface area contributed by atoms with Gasteiger partial charge in [0.1, 0.15) is 0 Å². The van der Waals surface area contributed by atoms with Crippen LogP contribution in [0.1, 0.15) is 47.2 Å². The van der Waals surface area contributed by atoms with Crippen LogP contribution in [0.15, 0.2) is 18.2 Å². The molecule has 4 N–H and O–H groups in total. The van der Waals surface area contributed by atoms with Gasteiger partial charge in [0.25, 0.3) is 0 Å². The van der Waals surface area contributed by atoms with Crippen molar-refractivity contribution < 1.29 is 9.90 Å². The summed E-state index contributed by atoms with van der Waals surface area (Å²) in [6.45, 7) is 3.02. The molecule has 1 saturated carbocycles. The molecule has 1 fully saturated rings. The molecular formula is C16H24N2O2. The second-order valence-electron chi connectivity index (χ2n) is 5.72. The van der Waals surface area contributed by atoms with Gasteiger partial charge in [-0.2, -0.15) is 0 Å². The molecule has 4 nitrogen and oxygen atoms in total. The highest BCUT2D eigenvalue weighted by Gasteiger charge is 2.23. The first kappa shape index (κ1) is 15.0. The Balaban J connectivity index is 1.98. The van der Waals surface area contributed by atoms with Crippen LogP contribution < -0.4 is 11.1 Å². The Hall–Kier alpha value is -1.39. The molecule has 0 aliphatic heterocycles. The van der Waals surface area contributed by atoms with Gasteiger partial charge < -0.3 is 16.2 Å². The Morgan fingerprint density at radius 2 is 2.15 bits per heavy atom. The maximum Gasteiger partial charge on any atom is 0.248 e. The van der Waals surface area contributed by atoms with Crippen molar-refractivity contribution >= 4 is 5.91 Å². The number of aryl methyl sites for hydroxylation is 1. The third kappa shape index (κ3) is 3.58. The van der Waals surface area contributed by atoms with Gasteiger partial charge in [-0.3, -0.25) is 4.79 Å². The number of primary amides is 1. The molecule has 1 aliphatic rings. The second kappa shape index (κ2) is 6.86. The van der Waals surface area contributed by atoms with Crippen molar-refractivity contribution in [1.82, 2.24) is 5.32 Å². The number of nitrogens with two attached hydrogens (primary N) is 1. The molecule has 0 saturated heterocycles. The molecule has 0 bridgehead atoms. The molecule has 2 rings (SSSR count). The van der Waals surface area contributed by atoms with Crippen LogP contribution in [0.4, 0.5) is 0 Å². The Labute approximate surface area is 120 Å². The molecule has 0 heterocycles. The first-order valence-electron chi connectivity index (χ1n) is 7.35. The van der Waals surface area contributed by atoms with Crippen molar-refractivity contribution in [3.8, 4) is 0 Å². The maximum atomic E-state index is 11.1. The van der Waals surface area contributed by atoms with Gasteiger partial charge in [-0.25, -0.2) is 0 Å². The molecule has 20 heavy (non-hydrogen) atoms. The molecule has 0 spiro atoms. The highest BCUT2D eigenvalue weighted by Crippen LogP contribution is 2.24. The maximum absolute atomic E-state index is 11.1. The van der Waals surface area contributed by atoms with Crippen LogP contribution in [0.2, 0.25) is 0 Å². The highest BCUT2D eigenvalue weighted by atomic mass is 16.3. The van der Waals surface area contributed by atoms with E-state index in [0.29, 0.717) is 17.5 Å². The minimum Gasteiger partial charge on any atom is -0.396 e. The van der Waals surface area contributed by atoms with E-state index in [1.165, 1.54) is 18.4 Å². The van der Waals surface area contributed by atoms with Crippen molar-refractivity contribution in [2.45, 2.75) is 45.2 Å². The van der Waals surface area contributed by atoms with E-state index in [1.54, 1.807) is 6.07 Å². The smallest absolute Gasteiger partial charge is 0.248 e. The summed E-state index contributed by atoms with van der Waals surface area (Å²) >= 11 is 0. The number of hydrogen-bond donors (Lipinski definition) is 3. The van der Waals surface area contributed by atoms with Gasteiger partial charge in [0.2, 0.25) is 5.91 Å². The Bertz CT molecular complexity index is 474. The third-order valence-electron chi connectivity index (χ3n) is 4.33. The molecule has 1 aliphatic carbocycles. The molecule has 110 valence electrons. The number of amides is 1. The second-order valence-corrected chi connectivity index (χ2v) is 5.72. The fraction of sp³-hybridized carbons (Fsp3) is 0.562. The fourth-order valence-corrected chi connectivity index (χ4v) is 2.98. The van der Waals surface area contributed by atoms with Gasteiger partial charge in [-0.05, 0) is 48.9 Å². The van der Waals surface area contributed by atoms with E-state index in [1.807, 2.05) is 19.1 Å². The number of hydrogen-bond acceptors (Lipinski definition) is 3. The van der Waals surface area contributed by atoms with Crippen molar-refractivity contribution in [2.75, 3.05) is 6.61 Å². The van der Waals surface area contributed by atoms with Crippen LogP contribution >= 0.6 is 0 Å². The van der Waals surface area contributed by atoms with Crippen LogP contribution in [0, 0.1) is 12.8 Å². The van der Waals surface area contributed by atoms with E-state index in [2.05, 4.69) is 5.32 Å². The zero-order valence-electron chi connectivity index (χ0n) is 12.1. The topological polar surface area (TPSA) is 75.4 Å². The molecule has 1 aromatic carbocycles. The predicted octanol–water partition coefficient (Wildman–Crippen LogP) is 1.73. The lowest BCUT2D eigenvalue weighted by atomic mass is 9.85. The highest BCUT2D eigenvalue weighted by molar-refractivity contribution is 5.93. The zero-order valence-corrected chi connectivity index (χ0v) is 12.1. The summed E-state index contributed by atoms with van der Waals surface area (Å²) in [6.07, 6.45) is 4.68. The van der Waals surface area contributed by atoms with E-state index in [-0.39, 0.29) is 12.5 Å². The summed E-state index contributed by atoms with van der Waals surface area (Å²) in [6, 6.07) is 5.96. The molecule has 4 heteroatoms.